The van der Waals surface area contributed by atoms with Gasteiger partial charge in [-0.3, -0.25) is 9.69 Å². The molecule has 2 aromatic heterocycles. The number of hydrogen-bond acceptors (Lipinski definition) is 5. The maximum absolute atomic E-state index is 12.9. The molecule has 4 rings (SSSR count). The van der Waals surface area contributed by atoms with E-state index in [0.29, 0.717) is 17.3 Å². The van der Waals surface area contributed by atoms with Crippen LogP contribution < -0.4 is 0 Å². The van der Waals surface area contributed by atoms with E-state index in [4.69, 9.17) is 0 Å². The van der Waals surface area contributed by atoms with E-state index < -0.39 is 0 Å². The maximum atomic E-state index is 12.9. The predicted molar refractivity (Wildman–Crippen MR) is 89.7 cm³/mol. The molecule has 0 aromatic carbocycles. The van der Waals surface area contributed by atoms with Crippen LogP contribution in [0.15, 0.2) is 18.3 Å². The summed E-state index contributed by atoms with van der Waals surface area (Å²) in [5, 5.41) is 11.4. The summed E-state index contributed by atoms with van der Waals surface area (Å²) < 4.78 is 1.56. The number of carbonyl (C=O) groups is 1. The Labute approximate surface area is 141 Å². The quantitative estimate of drug-likeness (QED) is 0.838. The molecule has 2 aliphatic heterocycles. The van der Waals surface area contributed by atoms with Crippen LogP contribution in [0.4, 0.5) is 0 Å². The highest BCUT2D eigenvalue weighted by atomic mass is 16.2. The Morgan fingerprint density at radius 2 is 1.88 bits per heavy atom. The molecule has 0 aliphatic carbocycles. The highest BCUT2D eigenvalue weighted by Crippen LogP contribution is 2.21. The van der Waals surface area contributed by atoms with Gasteiger partial charge in [-0.1, -0.05) is 12.8 Å². The first-order valence-corrected chi connectivity index (χ1v) is 9.02. The molecule has 2 saturated heterocycles. The van der Waals surface area contributed by atoms with Crippen molar-refractivity contribution < 1.29 is 4.79 Å². The zero-order chi connectivity index (χ0) is 16.4. The molecule has 7 nitrogen and oxygen atoms in total. The van der Waals surface area contributed by atoms with Gasteiger partial charge in [0.1, 0.15) is 0 Å². The van der Waals surface area contributed by atoms with Gasteiger partial charge in [-0.15, -0.1) is 5.10 Å². The lowest BCUT2D eigenvalue weighted by Gasteiger charge is -2.39. The van der Waals surface area contributed by atoms with Crippen molar-refractivity contribution in [2.45, 2.75) is 44.6 Å². The minimum absolute atomic E-state index is 0.0897. The number of likely N-dealkylation sites (tertiary alicyclic amines) is 2. The molecule has 0 spiro atoms. The molecule has 0 bridgehead atoms. The fraction of sp³-hybridized carbons (Fsp3) is 0.647. The van der Waals surface area contributed by atoms with E-state index in [1.165, 1.54) is 45.2 Å². The van der Waals surface area contributed by atoms with Crippen LogP contribution in [0.3, 0.4) is 0 Å². The topological polar surface area (TPSA) is 66.6 Å². The molecule has 1 atom stereocenters. The zero-order valence-corrected chi connectivity index (χ0v) is 14.0. The first-order valence-electron chi connectivity index (χ1n) is 9.02. The lowest BCUT2D eigenvalue weighted by atomic mass is 10.0. The Balaban J connectivity index is 1.47. The van der Waals surface area contributed by atoms with E-state index in [1.54, 1.807) is 16.8 Å². The summed E-state index contributed by atoms with van der Waals surface area (Å²) in [6.07, 6.45) is 9.29. The molecule has 128 valence electrons. The van der Waals surface area contributed by atoms with Gasteiger partial charge in [0.2, 0.25) is 0 Å². The summed E-state index contributed by atoms with van der Waals surface area (Å²) in [5.74, 6) is 0.0897. The second-order valence-corrected chi connectivity index (χ2v) is 6.90. The predicted octanol–water partition coefficient (Wildman–Crippen LogP) is 1.60. The van der Waals surface area contributed by atoms with Gasteiger partial charge in [0, 0.05) is 25.3 Å². The lowest BCUT2D eigenvalue weighted by Crippen LogP contribution is -2.50. The SMILES string of the molecule is O=C(c1ccc2nnnn2c1)N1CCC[C@@H](N2CCCCCC2)C1. The van der Waals surface area contributed by atoms with Gasteiger partial charge in [0.25, 0.3) is 5.91 Å². The average molecular weight is 328 g/mol. The molecule has 2 aliphatic rings. The van der Waals surface area contributed by atoms with E-state index in [9.17, 15) is 4.79 Å². The van der Waals surface area contributed by atoms with Crippen molar-refractivity contribution in [1.82, 2.24) is 29.8 Å². The number of nitrogens with zero attached hydrogens (tertiary/aromatic N) is 6. The Morgan fingerprint density at radius 1 is 1.04 bits per heavy atom. The third kappa shape index (κ3) is 3.13. The normalized spacial score (nSPS) is 23.3. The molecule has 1 amide bonds. The fourth-order valence-electron chi connectivity index (χ4n) is 3.95. The van der Waals surface area contributed by atoms with E-state index in [2.05, 4.69) is 20.4 Å². The number of aromatic nitrogens is 4. The van der Waals surface area contributed by atoms with Crippen molar-refractivity contribution in [2.75, 3.05) is 26.2 Å². The van der Waals surface area contributed by atoms with Crippen LogP contribution in [0.25, 0.3) is 5.65 Å². The van der Waals surface area contributed by atoms with Gasteiger partial charge >= 0.3 is 0 Å². The van der Waals surface area contributed by atoms with Crippen molar-refractivity contribution in [3.8, 4) is 0 Å². The molecular formula is C17H24N6O. The molecule has 24 heavy (non-hydrogen) atoms. The molecular weight excluding hydrogens is 304 g/mol. The van der Waals surface area contributed by atoms with Crippen LogP contribution in [0, 0.1) is 0 Å². The molecule has 7 heteroatoms. The number of pyridine rings is 1. The Hall–Kier alpha value is -2.02. The summed E-state index contributed by atoms with van der Waals surface area (Å²) in [6, 6.07) is 4.13. The highest BCUT2D eigenvalue weighted by molar-refractivity contribution is 5.94. The first kappa shape index (κ1) is 15.5. The number of rotatable bonds is 2. The van der Waals surface area contributed by atoms with Gasteiger partial charge in [-0.25, -0.2) is 0 Å². The summed E-state index contributed by atoms with van der Waals surface area (Å²) in [6.45, 7) is 4.05. The third-order valence-corrected chi connectivity index (χ3v) is 5.28. The minimum Gasteiger partial charge on any atom is -0.337 e. The largest absolute Gasteiger partial charge is 0.337 e. The molecule has 2 fully saturated rings. The molecule has 0 N–H and O–H groups in total. The van der Waals surface area contributed by atoms with Crippen LogP contribution in [-0.2, 0) is 0 Å². The van der Waals surface area contributed by atoms with Gasteiger partial charge < -0.3 is 4.90 Å². The van der Waals surface area contributed by atoms with Gasteiger partial charge in [-0.05, 0) is 61.3 Å². The van der Waals surface area contributed by atoms with Crippen LogP contribution in [-0.4, -0.2) is 68.0 Å². The average Bonchev–Trinajstić information content (AvgIpc) is 2.93. The van der Waals surface area contributed by atoms with Gasteiger partial charge in [-0.2, -0.15) is 4.52 Å². The van der Waals surface area contributed by atoms with Crippen molar-refractivity contribution in [3.63, 3.8) is 0 Å². The standard InChI is InChI=1S/C17H24N6O/c24-17(14-7-8-16-18-19-20-23(16)12-14)22-11-5-6-15(13-22)21-9-3-1-2-4-10-21/h7-8,12,15H,1-6,9-11,13H2/t15-/m1/s1. The Morgan fingerprint density at radius 3 is 2.71 bits per heavy atom. The Kier molecular flexibility index (Phi) is 4.42. The van der Waals surface area contributed by atoms with Crippen molar-refractivity contribution in [3.05, 3.63) is 23.9 Å². The number of hydrogen-bond donors (Lipinski definition) is 0. The van der Waals surface area contributed by atoms with Crippen LogP contribution in [0.5, 0.6) is 0 Å². The van der Waals surface area contributed by atoms with Crippen LogP contribution in [0.1, 0.15) is 48.9 Å². The zero-order valence-electron chi connectivity index (χ0n) is 14.0. The second kappa shape index (κ2) is 6.84. The third-order valence-electron chi connectivity index (χ3n) is 5.28. The van der Waals surface area contributed by atoms with E-state index in [-0.39, 0.29) is 5.91 Å². The van der Waals surface area contributed by atoms with Crippen LogP contribution >= 0.6 is 0 Å². The number of tetrazole rings is 1. The number of carbonyl (C=O) groups excluding carboxylic acids is 1. The first-order chi connectivity index (χ1) is 11.8. The maximum Gasteiger partial charge on any atom is 0.255 e. The molecule has 0 saturated carbocycles. The fourth-order valence-corrected chi connectivity index (χ4v) is 3.95. The summed E-state index contributed by atoms with van der Waals surface area (Å²) in [7, 11) is 0. The number of piperidine rings is 1. The number of amides is 1. The van der Waals surface area contributed by atoms with Crippen molar-refractivity contribution >= 4 is 11.6 Å². The van der Waals surface area contributed by atoms with Crippen LogP contribution in [0.2, 0.25) is 0 Å². The smallest absolute Gasteiger partial charge is 0.255 e. The van der Waals surface area contributed by atoms with E-state index >= 15 is 0 Å². The summed E-state index contributed by atoms with van der Waals surface area (Å²) in [5.41, 5.74) is 1.32. The monoisotopic (exact) mass is 328 g/mol. The van der Waals surface area contributed by atoms with Crippen molar-refractivity contribution in [1.29, 1.82) is 0 Å². The minimum atomic E-state index is 0.0897. The molecule has 4 heterocycles. The van der Waals surface area contributed by atoms with E-state index in [1.807, 2.05) is 11.0 Å². The van der Waals surface area contributed by atoms with Crippen molar-refractivity contribution in [2.24, 2.45) is 0 Å². The highest BCUT2D eigenvalue weighted by Gasteiger charge is 2.28. The van der Waals surface area contributed by atoms with Gasteiger partial charge in [0.15, 0.2) is 5.65 Å². The molecule has 0 unspecified atom stereocenters. The summed E-state index contributed by atoms with van der Waals surface area (Å²) in [4.78, 5) is 17.5. The molecule has 2 aromatic rings. The molecule has 0 radical (unpaired) electrons. The Bertz CT molecular complexity index is 706. The number of fused-ring (bicyclic) bond motifs is 1. The second-order valence-electron chi connectivity index (χ2n) is 6.90. The lowest BCUT2D eigenvalue weighted by molar-refractivity contribution is 0.0578. The van der Waals surface area contributed by atoms with Gasteiger partial charge in [0.05, 0.1) is 5.56 Å². The van der Waals surface area contributed by atoms with E-state index in [0.717, 1.165) is 19.5 Å². The summed E-state index contributed by atoms with van der Waals surface area (Å²) >= 11 is 0.